The molecule has 2 saturated heterocycles. The monoisotopic (exact) mass is 635 g/mol. The Labute approximate surface area is 263 Å². The van der Waals surface area contributed by atoms with Crippen molar-refractivity contribution in [1.82, 2.24) is 9.88 Å². The Bertz CT molecular complexity index is 1730. The summed E-state index contributed by atoms with van der Waals surface area (Å²) in [6.07, 6.45) is 0.0212. The molecular formula is C35H33F4N3O4. The third kappa shape index (κ3) is 6.07. The number of hydrogen-bond donors (Lipinski definition) is 0. The van der Waals surface area contributed by atoms with Crippen LogP contribution in [-0.2, 0) is 6.18 Å². The molecule has 46 heavy (non-hydrogen) atoms. The second-order valence-corrected chi connectivity index (χ2v) is 12.5. The van der Waals surface area contributed by atoms with Crippen LogP contribution in [0.3, 0.4) is 0 Å². The van der Waals surface area contributed by atoms with E-state index in [1.54, 1.807) is 18.2 Å². The number of oxazole rings is 1. The van der Waals surface area contributed by atoms with E-state index in [-0.39, 0.29) is 41.6 Å². The van der Waals surface area contributed by atoms with Crippen molar-refractivity contribution >= 4 is 28.5 Å². The number of nitrogens with zero attached hydrogens (tertiary/aromatic N) is 3. The number of alkyl halides is 3. The minimum atomic E-state index is -4.36. The third-order valence-electron chi connectivity index (χ3n) is 9.63. The van der Waals surface area contributed by atoms with Crippen molar-refractivity contribution in [1.29, 1.82) is 0 Å². The first-order valence-electron chi connectivity index (χ1n) is 15.7. The van der Waals surface area contributed by atoms with Gasteiger partial charge in [-0.25, -0.2) is 9.37 Å². The lowest BCUT2D eigenvalue weighted by atomic mass is 9.85. The number of carbonyl (C=O) groups excluding carboxylic acids is 2. The number of aromatic nitrogens is 1. The first kappa shape index (κ1) is 30.3. The average Bonchev–Trinajstić information content (AvgIpc) is 3.60. The van der Waals surface area contributed by atoms with Crippen molar-refractivity contribution in [3.63, 3.8) is 0 Å². The van der Waals surface area contributed by atoms with Crippen LogP contribution >= 0.6 is 0 Å². The molecule has 1 aliphatic carbocycles. The first-order valence-corrected chi connectivity index (χ1v) is 15.7. The van der Waals surface area contributed by atoms with Gasteiger partial charge in [-0.2, -0.15) is 13.2 Å². The van der Waals surface area contributed by atoms with E-state index < -0.39 is 17.6 Å². The lowest BCUT2D eigenvalue weighted by molar-refractivity contribution is -0.137. The van der Waals surface area contributed by atoms with Crippen molar-refractivity contribution < 1.29 is 36.3 Å². The maximum absolute atomic E-state index is 13.7. The highest BCUT2D eigenvalue weighted by molar-refractivity contribution is 5.97. The van der Waals surface area contributed by atoms with E-state index in [9.17, 15) is 27.2 Å². The molecule has 7 nitrogen and oxygen atoms in total. The number of benzene rings is 3. The smallest absolute Gasteiger partial charge is 0.416 e. The number of piperidine rings is 1. The zero-order valence-electron chi connectivity index (χ0n) is 25.0. The summed E-state index contributed by atoms with van der Waals surface area (Å²) in [5.74, 6) is -0.350. The Morgan fingerprint density at radius 2 is 1.65 bits per heavy atom. The SMILES string of the molecule is O=C(c1nc2ccc(OC3CCN(c4ccc(C(F)(F)F)cc4)CC3)cc2o1)C1CCCC2CC1CN2C(=O)c1ccc(F)cc1. The van der Waals surface area contributed by atoms with E-state index in [4.69, 9.17) is 9.15 Å². The van der Waals surface area contributed by atoms with Crippen molar-refractivity contribution in [3.05, 3.63) is 89.6 Å². The van der Waals surface area contributed by atoms with Gasteiger partial charge in [-0.05, 0) is 85.8 Å². The van der Waals surface area contributed by atoms with Crippen molar-refractivity contribution in [3.8, 4) is 5.75 Å². The Hall–Kier alpha value is -4.41. The number of carbonyl (C=O) groups is 2. The lowest BCUT2D eigenvalue weighted by Gasteiger charge is -2.33. The molecule has 2 bridgehead atoms. The number of ketones is 1. The summed E-state index contributed by atoms with van der Waals surface area (Å²) in [6.45, 7) is 1.76. The second-order valence-electron chi connectivity index (χ2n) is 12.5. The molecule has 3 aliphatic rings. The molecule has 3 fully saturated rings. The molecule has 1 aromatic heterocycles. The molecular weight excluding hydrogens is 602 g/mol. The number of amides is 1. The van der Waals surface area contributed by atoms with Gasteiger partial charge in [0.25, 0.3) is 11.8 Å². The molecule has 0 N–H and O–H groups in total. The van der Waals surface area contributed by atoms with Crippen LogP contribution in [0.1, 0.15) is 65.1 Å². The van der Waals surface area contributed by atoms with E-state index >= 15 is 0 Å². The largest absolute Gasteiger partial charge is 0.490 e. The number of anilines is 1. The molecule has 3 unspecified atom stereocenters. The molecule has 4 aromatic rings. The number of rotatable bonds is 6. The molecule has 0 radical (unpaired) electrons. The van der Waals surface area contributed by atoms with Crippen LogP contribution in [0.25, 0.3) is 11.1 Å². The van der Waals surface area contributed by atoms with E-state index in [0.29, 0.717) is 61.3 Å². The number of hydrogen-bond acceptors (Lipinski definition) is 6. The molecule has 11 heteroatoms. The Morgan fingerprint density at radius 3 is 2.37 bits per heavy atom. The van der Waals surface area contributed by atoms with Crippen molar-refractivity contribution in [2.45, 2.75) is 56.8 Å². The van der Waals surface area contributed by atoms with Crippen LogP contribution in [0.4, 0.5) is 23.2 Å². The first-order chi connectivity index (χ1) is 22.1. The molecule has 0 spiro atoms. The maximum Gasteiger partial charge on any atom is 0.416 e. The summed E-state index contributed by atoms with van der Waals surface area (Å²) < 4.78 is 64.3. The van der Waals surface area contributed by atoms with Gasteiger partial charge in [0, 0.05) is 61.8 Å². The molecule has 3 atom stereocenters. The third-order valence-corrected chi connectivity index (χ3v) is 9.63. The van der Waals surface area contributed by atoms with E-state index in [2.05, 4.69) is 9.88 Å². The summed E-state index contributed by atoms with van der Waals surface area (Å²) in [5.41, 5.74) is 1.54. The van der Waals surface area contributed by atoms with E-state index in [1.165, 1.54) is 36.4 Å². The summed E-state index contributed by atoms with van der Waals surface area (Å²) in [4.78, 5) is 35.3. The standard InChI is InChI=1S/C35H33F4N3O4/c36-24-8-4-21(5-9-24)34(44)42-20-22-18-26(42)2-1-3-29(22)32(43)33-40-30-13-12-28(19-31(30)46-33)45-27-14-16-41(17-15-27)25-10-6-23(7-11-25)35(37,38)39/h4-13,19,22,26-27,29H,1-3,14-18,20H2. The number of halogens is 4. The second kappa shape index (κ2) is 12.1. The number of likely N-dealkylation sites (tertiary alicyclic amines) is 1. The van der Waals surface area contributed by atoms with Crippen LogP contribution in [-0.4, -0.2) is 53.4 Å². The molecule has 3 aromatic carbocycles. The average molecular weight is 636 g/mol. The lowest BCUT2D eigenvalue weighted by Crippen LogP contribution is -2.38. The minimum Gasteiger partial charge on any atom is -0.490 e. The normalized spacial score (nSPS) is 22.2. The predicted molar refractivity (Wildman–Crippen MR) is 162 cm³/mol. The molecule has 7 rings (SSSR count). The predicted octanol–water partition coefficient (Wildman–Crippen LogP) is 7.55. The number of ether oxygens (including phenoxy) is 1. The van der Waals surface area contributed by atoms with Gasteiger partial charge in [0.2, 0.25) is 5.78 Å². The fourth-order valence-electron chi connectivity index (χ4n) is 7.21. The Morgan fingerprint density at radius 1 is 0.913 bits per heavy atom. The van der Waals surface area contributed by atoms with Gasteiger partial charge in [-0.15, -0.1) is 0 Å². The Balaban J connectivity index is 0.980. The number of fused-ring (bicyclic) bond motifs is 3. The zero-order valence-corrected chi connectivity index (χ0v) is 25.0. The summed E-state index contributed by atoms with van der Waals surface area (Å²) in [5, 5.41) is 0. The van der Waals surface area contributed by atoms with Crippen LogP contribution < -0.4 is 9.64 Å². The zero-order chi connectivity index (χ0) is 32.0. The van der Waals surface area contributed by atoms with Crippen LogP contribution in [0.5, 0.6) is 5.75 Å². The van der Waals surface area contributed by atoms with Crippen LogP contribution in [0, 0.1) is 17.7 Å². The molecule has 240 valence electrons. The van der Waals surface area contributed by atoms with Gasteiger partial charge in [0.05, 0.1) is 5.56 Å². The van der Waals surface area contributed by atoms with Crippen molar-refractivity contribution in [2.75, 3.05) is 24.5 Å². The quantitative estimate of drug-likeness (QED) is 0.161. The van der Waals surface area contributed by atoms with E-state index in [0.717, 1.165) is 37.1 Å². The van der Waals surface area contributed by atoms with Gasteiger partial charge in [-0.3, -0.25) is 9.59 Å². The van der Waals surface area contributed by atoms with Gasteiger partial charge >= 0.3 is 6.18 Å². The van der Waals surface area contributed by atoms with Crippen molar-refractivity contribution in [2.24, 2.45) is 11.8 Å². The topological polar surface area (TPSA) is 75.9 Å². The van der Waals surface area contributed by atoms with Crippen LogP contribution in [0.2, 0.25) is 0 Å². The highest BCUT2D eigenvalue weighted by Crippen LogP contribution is 2.40. The highest BCUT2D eigenvalue weighted by Gasteiger charge is 2.44. The summed E-state index contributed by atoms with van der Waals surface area (Å²) in [6, 6.07) is 16.1. The maximum atomic E-state index is 13.7. The minimum absolute atomic E-state index is 0.00764. The molecule has 1 amide bonds. The summed E-state index contributed by atoms with van der Waals surface area (Å²) >= 11 is 0. The molecule has 3 heterocycles. The van der Waals surface area contributed by atoms with Crippen LogP contribution in [0.15, 0.2) is 71.1 Å². The fraction of sp³-hybridized carbons (Fsp3) is 0.400. The molecule has 1 saturated carbocycles. The Kier molecular flexibility index (Phi) is 7.94. The highest BCUT2D eigenvalue weighted by atomic mass is 19.4. The van der Waals surface area contributed by atoms with Gasteiger partial charge in [0.15, 0.2) is 5.58 Å². The molecule has 2 aliphatic heterocycles. The fourth-order valence-corrected chi connectivity index (χ4v) is 7.21. The van der Waals surface area contributed by atoms with Gasteiger partial charge in [0.1, 0.15) is 23.2 Å². The van der Waals surface area contributed by atoms with Gasteiger partial charge in [-0.1, -0.05) is 6.42 Å². The number of Topliss-reactive ketones (excluding diaryl/α,β-unsaturated/α-hetero) is 1. The van der Waals surface area contributed by atoms with Gasteiger partial charge < -0.3 is 19.0 Å². The van der Waals surface area contributed by atoms with E-state index in [1.807, 2.05) is 4.90 Å². The summed E-state index contributed by atoms with van der Waals surface area (Å²) in [7, 11) is 0.